The van der Waals surface area contributed by atoms with E-state index in [0.717, 1.165) is 12.6 Å². The van der Waals surface area contributed by atoms with E-state index in [-0.39, 0.29) is 5.54 Å². The molecule has 2 N–H and O–H groups in total. The standard InChI is InChI=1S/C15H31N3O/c1-17(2)13-6-10-18(11-7-13)15(12-16)8-4-14(19-3)5-9-15/h13-14H,4-12,16H2,1-3H3. The maximum Gasteiger partial charge on any atom is 0.0572 e. The molecule has 0 unspecified atom stereocenters. The third-order valence-corrected chi connectivity index (χ3v) is 5.44. The lowest BCUT2D eigenvalue weighted by Crippen LogP contribution is -2.59. The first-order valence-electron chi connectivity index (χ1n) is 7.75. The van der Waals surface area contributed by atoms with Crippen LogP contribution in [0.5, 0.6) is 0 Å². The number of rotatable bonds is 4. The maximum absolute atomic E-state index is 6.16. The molecule has 0 amide bonds. The van der Waals surface area contributed by atoms with E-state index < -0.39 is 0 Å². The number of likely N-dealkylation sites (tertiary alicyclic amines) is 1. The van der Waals surface area contributed by atoms with Gasteiger partial charge in [-0.25, -0.2) is 0 Å². The van der Waals surface area contributed by atoms with Crippen molar-refractivity contribution in [3.63, 3.8) is 0 Å². The van der Waals surface area contributed by atoms with E-state index in [1.807, 2.05) is 7.11 Å². The highest BCUT2D eigenvalue weighted by Crippen LogP contribution is 2.36. The summed E-state index contributed by atoms with van der Waals surface area (Å²) in [5.41, 5.74) is 6.41. The molecule has 1 aliphatic heterocycles. The lowest BCUT2D eigenvalue weighted by atomic mass is 9.78. The second kappa shape index (κ2) is 6.53. The van der Waals surface area contributed by atoms with Gasteiger partial charge in [-0.3, -0.25) is 4.90 Å². The molecule has 19 heavy (non-hydrogen) atoms. The minimum Gasteiger partial charge on any atom is -0.381 e. The van der Waals surface area contributed by atoms with E-state index in [1.54, 1.807) is 0 Å². The fourth-order valence-corrected chi connectivity index (χ4v) is 3.87. The molecule has 2 rings (SSSR count). The van der Waals surface area contributed by atoms with Gasteiger partial charge < -0.3 is 15.4 Å². The molecule has 4 nitrogen and oxygen atoms in total. The van der Waals surface area contributed by atoms with E-state index in [9.17, 15) is 0 Å². The molecule has 2 fully saturated rings. The van der Waals surface area contributed by atoms with Crippen molar-refractivity contribution in [3.05, 3.63) is 0 Å². The molecule has 0 aromatic carbocycles. The van der Waals surface area contributed by atoms with Crippen LogP contribution in [-0.2, 0) is 4.74 Å². The van der Waals surface area contributed by atoms with Crippen molar-refractivity contribution in [2.75, 3.05) is 40.8 Å². The second-order valence-electron chi connectivity index (χ2n) is 6.55. The van der Waals surface area contributed by atoms with Crippen LogP contribution in [0.15, 0.2) is 0 Å². The van der Waals surface area contributed by atoms with Gasteiger partial charge in [0, 0.05) is 38.3 Å². The molecule has 0 radical (unpaired) electrons. The van der Waals surface area contributed by atoms with Gasteiger partial charge in [-0.05, 0) is 52.6 Å². The Morgan fingerprint density at radius 2 is 1.74 bits per heavy atom. The molecule has 112 valence electrons. The minimum absolute atomic E-state index is 0.256. The Labute approximate surface area is 118 Å². The first kappa shape index (κ1) is 15.2. The van der Waals surface area contributed by atoms with Crippen molar-refractivity contribution in [2.45, 2.75) is 56.2 Å². The van der Waals surface area contributed by atoms with E-state index in [0.29, 0.717) is 6.10 Å². The number of hydrogen-bond donors (Lipinski definition) is 1. The molecule has 1 aliphatic carbocycles. The van der Waals surface area contributed by atoms with Crippen molar-refractivity contribution in [3.8, 4) is 0 Å². The first-order chi connectivity index (χ1) is 9.11. The fourth-order valence-electron chi connectivity index (χ4n) is 3.87. The van der Waals surface area contributed by atoms with Crippen LogP contribution in [0.4, 0.5) is 0 Å². The van der Waals surface area contributed by atoms with Gasteiger partial charge in [0.25, 0.3) is 0 Å². The van der Waals surface area contributed by atoms with Gasteiger partial charge in [0.1, 0.15) is 0 Å². The largest absolute Gasteiger partial charge is 0.381 e. The monoisotopic (exact) mass is 269 g/mol. The highest BCUT2D eigenvalue weighted by molar-refractivity contribution is 4.98. The topological polar surface area (TPSA) is 41.7 Å². The minimum atomic E-state index is 0.256. The highest BCUT2D eigenvalue weighted by Gasteiger charge is 2.40. The second-order valence-corrected chi connectivity index (χ2v) is 6.55. The van der Waals surface area contributed by atoms with E-state index in [1.165, 1.54) is 51.6 Å². The molecule has 0 aromatic heterocycles. The van der Waals surface area contributed by atoms with Crippen LogP contribution in [-0.4, -0.2) is 68.3 Å². The summed E-state index contributed by atoms with van der Waals surface area (Å²) in [4.78, 5) is 5.05. The molecule has 1 saturated carbocycles. The summed E-state index contributed by atoms with van der Waals surface area (Å²) < 4.78 is 5.50. The molecule has 2 aliphatic rings. The molecular weight excluding hydrogens is 238 g/mol. The van der Waals surface area contributed by atoms with Gasteiger partial charge >= 0.3 is 0 Å². The summed E-state index contributed by atoms with van der Waals surface area (Å²) in [7, 11) is 6.23. The molecule has 0 spiro atoms. The fraction of sp³-hybridized carbons (Fsp3) is 1.00. The van der Waals surface area contributed by atoms with Gasteiger partial charge in [0.2, 0.25) is 0 Å². The number of methoxy groups -OCH3 is 1. The molecule has 0 bridgehead atoms. The zero-order valence-electron chi connectivity index (χ0n) is 12.9. The smallest absolute Gasteiger partial charge is 0.0572 e. The predicted octanol–water partition coefficient (Wildman–Crippen LogP) is 1.30. The van der Waals surface area contributed by atoms with Gasteiger partial charge in [0.15, 0.2) is 0 Å². The number of piperidine rings is 1. The van der Waals surface area contributed by atoms with Crippen LogP contribution in [0.1, 0.15) is 38.5 Å². The SMILES string of the molecule is COC1CCC(CN)(N2CCC(N(C)C)CC2)CC1. The Kier molecular flexibility index (Phi) is 5.23. The summed E-state index contributed by atoms with van der Waals surface area (Å²) in [5, 5.41) is 0. The lowest BCUT2D eigenvalue weighted by Gasteiger charge is -2.50. The van der Waals surface area contributed by atoms with Crippen LogP contribution < -0.4 is 5.73 Å². The highest BCUT2D eigenvalue weighted by atomic mass is 16.5. The van der Waals surface area contributed by atoms with Crippen molar-refractivity contribution < 1.29 is 4.74 Å². The maximum atomic E-state index is 6.16. The molecule has 0 atom stereocenters. The number of nitrogens with two attached hydrogens (primary N) is 1. The summed E-state index contributed by atoms with van der Waals surface area (Å²) in [6, 6.07) is 0.751. The molecule has 0 aromatic rings. The first-order valence-corrected chi connectivity index (χ1v) is 7.75. The average Bonchev–Trinajstić information content (AvgIpc) is 2.47. The van der Waals surface area contributed by atoms with Gasteiger partial charge in [-0.1, -0.05) is 0 Å². The summed E-state index contributed by atoms with van der Waals surface area (Å²) in [5.74, 6) is 0. The Morgan fingerprint density at radius 1 is 1.16 bits per heavy atom. The van der Waals surface area contributed by atoms with Crippen LogP contribution in [0.25, 0.3) is 0 Å². The Bertz CT molecular complexity index is 267. The van der Waals surface area contributed by atoms with Crippen molar-refractivity contribution in [1.82, 2.24) is 9.80 Å². The van der Waals surface area contributed by atoms with E-state index in [2.05, 4.69) is 23.9 Å². The van der Waals surface area contributed by atoms with Crippen molar-refractivity contribution >= 4 is 0 Å². The van der Waals surface area contributed by atoms with Crippen LogP contribution in [0, 0.1) is 0 Å². The van der Waals surface area contributed by atoms with Gasteiger partial charge in [-0.15, -0.1) is 0 Å². The number of hydrogen-bond acceptors (Lipinski definition) is 4. The quantitative estimate of drug-likeness (QED) is 0.835. The molecular formula is C15H31N3O. The normalized spacial score (nSPS) is 34.9. The van der Waals surface area contributed by atoms with Crippen molar-refractivity contribution in [2.24, 2.45) is 5.73 Å². The Morgan fingerprint density at radius 3 is 2.16 bits per heavy atom. The van der Waals surface area contributed by atoms with Gasteiger partial charge in [-0.2, -0.15) is 0 Å². The molecule has 1 saturated heterocycles. The van der Waals surface area contributed by atoms with Crippen LogP contribution >= 0.6 is 0 Å². The summed E-state index contributed by atoms with van der Waals surface area (Å²) in [6.45, 7) is 3.21. The number of ether oxygens (including phenoxy) is 1. The van der Waals surface area contributed by atoms with Crippen molar-refractivity contribution in [1.29, 1.82) is 0 Å². The average molecular weight is 269 g/mol. The summed E-state index contributed by atoms with van der Waals surface area (Å²) in [6.07, 6.45) is 7.76. The van der Waals surface area contributed by atoms with Gasteiger partial charge in [0.05, 0.1) is 6.10 Å². The van der Waals surface area contributed by atoms with E-state index in [4.69, 9.17) is 10.5 Å². The Balaban J connectivity index is 1.92. The molecule has 4 heteroatoms. The Hall–Kier alpha value is -0.160. The zero-order valence-corrected chi connectivity index (χ0v) is 12.9. The van der Waals surface area contributed by atoms with E-state index >= 15 is 0 Å². The van der Waals surface area contributed by atoms with Crippen LogP contribution in [0.3, 0.4) is 0 Å². The number of nitrogens with zero attached hydrogens (tertiary/aromatic N) is 2. The molecule has 1 heterocycles. The predicted molar refractivity (Wildman–Crippen MR) is 79.3 cm³/mol. The summed E-state index contributed by atoms with van der Waals surface area (Å²) >= 11 is 0. The third kappa shape index (κ3) is 3.30. The lowest BCUT2D eigenvalue weighted by molar-refractivity contribution is -0.0226. The third-order valence-electron chi connectivity index (χ3n) is 5.44. The zero-order chi connectivity index (χ0) is 13.9. The van der Waals surface area contributed by atoms with Crippen LogP contribution in [0.2, 0.25) is 0 Å².